The van der Waals surface area contributed by atoms with Crippen LogP contribution in [-0.2, 0) is 4.79 Å². The smallest absolute Gasteiger partial charge is 0.388 e. The monoisotopic (exact) mass is 500 g/mol. The Kier molecular flexibility index (Phi) is 7.45. The summed E-state index contributed by atoms with van der Waals surface area (Å²) in [5.74, 6) is -2.27. The van der Waals surface area contributed by atoms with Gasteiger partial charge in [0, 0.05) is 23.9 Å². The number of nitrogens with zero attached hydrogens (tertiary/aromatic N) is 4. The van der Waals surface area contributed by atoms with Crippen LogP contribution in [0.1, 0.15) is 22.2 Å². The molecular formula is C19H16F4N6O4S. The lowest BCUT2D eigenvalue weighted by Crippen LogP contribution is -2.40. The zero-order chi connectivity index (χ0) is 25.0. The van der Waals surface area contributed by atoms with E-state index in [0.29, 0.717) is 0 Å². The minimum Gasteiger partial charge on any atom is -0.417 e. The Morgan fingerprint density at radius 1 is 1.00 bits per heavy atom. The maximum atomic E-state index is 12.9. The number of hydrogen-bond donors (Lipinski definition) is 2. The number of carbonyl (C=O) groups is 2. The molecule has 3 aromatic heterocycles. The molecule has 1 unspecified atom stereocenters. The molecule has 10 nitrogen and oxygen atoms in total. The van der Waals surface area contributed by atoms with E-state index in [4.69, 9.17) is 11.5 Å². The predicted molar refractivity (Wildman–Crippen MR) is 112 cm³/mol. The summed E-state index contributed by atoms with van der Waals surface area (Å²) in [6.07, 6.45) is 2.19. The fraction of sp³-hybridized carbons (Fsp3) is 0.211. The molecular weight excluding hydrogens is 484 g/mol. The van der Waals surface area contributed by atoms with Crippen molar-refractivity contribution < 1.29 is 36.6 Å². The van der Waals surface area contributed by atoms with Gasteiger partial charge in [-0.05, 0) is 19.1 Å². The van der Waals surface area contributed by atoms with Crippen LogP contribution < -0.4 is 25.8 Å². The van der Waals surface area contributed by atoms with Crippen molar-refractivity contribution in [2.45, 2.75) is 26.2 Å². The number of thiazole rings is 1. The molecule has 0 bridgehead atoms. The number of nitrogen functional groups attached to an aromatic ring is 1. The van der Waals surface area contributed by atoms with Crippen LogP contribution in [0.3, 0.4) is 0 Å². The lowest BCUT2D eigenvalue weighted by molar-refractivity contribution is -0.118. The van der Waals surface area contributed by atoms with E-state index in [1.807, 2.05) is 0 Å². The largest absolute Gasteiger partial charge is 0.417 e. The third kappa shape index (κ3) is 5.67. The fourth-order valence-electron chi connectivity index (χ4n) is 2.70. The number of aromatic nitrogens is 3. The summed E-state index contributed by atoms with van der Waals surface area (Å²) in [6, 6.07) is 3.81. The van der Waals surface area contributed by atoms with Crippen molar-refractivity contribution in [2.24, 2.45) is 5.73 Å². The van der Waals surface area contributed by atoms with Gasteiger partial charge in [-0.1, -0.05) is 11.3 Å². The Hall–Kier alpha value is -4.01. The molecule has 180 valence electrons. The van der Waals surface area contributed by atoms with Gasteiger partial charge in [0.05, 0.1) is 11.9 Å². The molecule has 3 heterocycles. The van der Waals surface area contributed by atoms with Gasteiger partial charge < -0.3 is 25.8 Å². The maximum absolute atomic E-state index is 12.9. The first-order chi connectivity index (χ1) is 16.1. The van der Waals surface area contributed by atoms with E-state index >= 15 is 0 Å². The highest BCUT2D eigenvalue weighted by Crippen LogP contribution is 2.36. The summed E-state index contributed by atoms with van der Waals surface area (Å²) in [7, 11) is 0. The Bertz CT molecular complexity index is 1160. The van der Waals surface area contributed by atoms with Gasteiger partial charge >= 0.3 is 13.2 Å². The molecule has 3 aromatic rings. The fourth-order valence-corrected chi connectivity index (χ4v) is 3.74. The average Bonchev–Trinajstić information content (AvgIpc) is 3.15. The molecule has 0 spiro atoms. The third-order valence-electron chi connectivity index (χ3n) is 4.27. The first-order valence-corrected chi connectivity index (χ1v) is 10.1. The summed E-state index contributed by atoms with van der Waals surface area (Å²) in [6.45, 7) is -4.69. The van der Waals surface area contributed by atoms with E-state index in [0.717, 1.165) is 35.9 Å². The van der Waals surface area contributed by atoms with E-state index in [2.05, 4.69) is 24.4 Å². The summed E-state index contributed by atoms with van der Waals surface area (Å²) in [5, 5.41) is 0.0853. The molecule has 0 aliphatic rings. The molecule has 1 atom stereocenters. The van der Waals surface area contributed by atoms with E-state index in [9.17, 15) is 27.2 Å². The minimum atomic E-state index is -3.07. The Morgan fingerprint density at radius 2 is 1.59 bits per heavy atom. The summed E-state index contributed by atoms with van der Waals surface area (Å²) in [5.41, 5.74) is 11.6. The van der Waals surface area contributed by atoms with E-state index in [1.165, 1.54) is 24.0 Å². The Morgan fingerprint density at radius 3 is 2.06 bits per heavy atom. The molecule has 0 fully saturated rings. The molecule has 3 rings (SSSR count). The molecule has 0 saturated heterocycles. The Labute approximate surface area is 193 Å². The van der Waals surface area contributed by atoms with Crippen molar-refractivity contribution in [1.82, 2.24) is 15.0 Å². The van der Waals surface area contributed by atoms with Crippen LogP contribution in [0.25, 0.3) is 0 Å². The second-order valence-corrected chi connectivity index (χ2v) is 7.46. The third-order valence-corrected chi connectivity index (χ3v) is 5.34. The van der Waals surface area contributed by atoms with Gasteiger partial charge in [-0.25, -0.2) is 15.0 Å². The van der Waals surface area contributed by atoms with Crippen molar-refractivity contribution in [3.63, 3.8) is 0 Å². The molecule has 0 aliphatic heterocycles. The lowest BCUT2D eigenvalue weighted by atomic mass is 10.1. The van der Waals surface area contributed by atoms with Crippen molar-refractivity contribution in [2.75, 3.05) is 10.6 Å². The zero-order valence-corrected chi connectivity index (χ0v) is 18.0. The topological polar surface area (TPSA) is 147 Å². The van der Waals surface area contributed by atoms with Gasteiger partial charge in [0.15, 0.2) is 5.13 Å². The highest BCUT2D eigenvalue weighted by atomic mass is 32.1. The lowest BCUT2D eigenvalue weighted by Gasteiger charge is -2.26. The van der Waals surface area contributed by atoms with Crippen LogP contribution in [0.5, 0.6) is 11.8 Å². The normalized spacial score (nSPS) is 12.0. The summed E-state index contributed by atoms with van der Waals surface area (Å²) in [4.78, 5) is 37.6. The number of hydrogen-bond acceptors (Lipinski definition) is 10. The number of pyridine rings is 2. The Balaban J connectivity index is 1.93. The van der Waals surface area contributed by atoms with Gasteiger partial charge in [0.2, 0.25) is 23.5 Å². The number of nitrogens with two attached hydrogens (primary N) is 2. The van der Waals surface area contributed by atoms with Crippen molar-refractivity contribution in [1.29, 1.82) is 0 Å². The second kappa shape index (κ2) is 10.3. The standard InChI is InChI=1S/C19H16F4N6O4S/c1-8(16(25)31)29(10-3-5-12(27-7-10)33-18(22)23)19-28-15(24)14(34-19)13(30)9-2-4-11(26-6-9)32-17(20)21/h2-8,17-18H,24H2,1H3,(H2,25,31). The molecule has 0 aliphatic carbocycles. The first-order valence-electron chi connectivity index (χ1n) is 9.28. The number of carbonyl (C=O) groups excluding carboxylic acids is 2. The van der Waals surface area contributed by atoms with Gasteiger partial charge in [-0.3, -0.25) is 9.59 Å². The number of rotatable bonds is 10. The number of anilines is 3. The van der Waals surface area contributed by atoms with Crippen molar-refractivity contribution >= 4 is 39.7 Å². The summed E-state index contributed by atoms with van der Waals surface area (Å²) >= 11 is 0.815. The van der Waals surface area contributed by atoms with E-state index < -0.39 is 31.0 Å². The van der Waals surface area contributed by atoms with Crippen molar-refractivity contribution in [3.05, 3.63) is 47.1 Å². The van der Waals surface area contributed by atoms with Crippen LogP contribution in [0.15, 0.2) is 36.7 Å². The number of primary amides is 1. The average molecular weight is 500 g/mol. The van der Waals surface area contributed by atoms with Gasteiger partial charge in [0.1, 0.15) is 16.7 Å². The molecule has 0 saturated carbocycles. The molecule has 15 heteroatoms. The number of halogens is 4. The quantitative estimate of drug-likeness (QED) is 0.317. The molecule has 0 radical (unpaired) electrons. The highest BCUT2D eigenvalue weighted by Gasteiger charge is 2.28. The van der Waals surface area contributed by atoms with E-state index in [1.54, 1.807) is 0 Å². The maximum Gasteiger partial charge on any atom is 0.388 e. The molecule has 34 heavy (non-hydrogen) atoms. The van der Waals surface area contributed by atoms with Crippen LogP contribution in [0.4, 0.5) is 34.2 Å². The van der Waals surface area contributed by atoms with E-state index in [-0.39, 0.29) is 38.8 Å². The number of alkyl halides is 4. The number of ketones is 1. The van der Waals surface area contributed by atoms with Gasteiger partial charge in [0.25, 0.3) is 0 Å². The second-order valence-electron chi connectivity index (χ2n) is 6.49. The van der Waals surface area contributed by atoms with Gasteiger partial charge in [-0.15, -0.1) is 0 Å². The predicted octanol–water partition coefficient (Wildman–Crippen LogP) is 2.96. The number of amides is 1. The van der Waals surface area contributed by atoms with Crippen LogP contribution in [0.2, 0.25) is 0 Å². The van der Waals surface area contributed by atoms with Crippen LogP contribution in [-0.4, -0.2) is 45.9 Å². The highest BCUT2D eigenvalue weighted by molar-refractivity contribution is 7.18. The number of ether oxygens (including phenoxy) is 2. The van der Waals surface area contributed by atoms with Crippen LogP contribution >= 0.6 is 11.3 Å². The summed E-state index contributed by atoms with van der Waals surface area (Å²) < 4.78 is 57.7. The van der Waals surface area contributed by atoms with Gasteiger partial charge in [-0.2, -0.15) is 17.6 Å². The van der Waals surface area contributed by atoms with Crippen LogP contribution in [0, 0.1) is 0 Å². The zero-order valence-electron chi connectivity index (χ0n) is 17.2. The minimum absolute atomic E-state index is 0.0215. The molecule has 4 N–H and O–H groups in total. The van der Waals surface area contributed by atoms with Crippen molar-refractivity contribution in [3.8, 4) is 11.8 Å². The first kappa shape index (κ1) is 24.6. The SMILES string of the molecule is CC(C(N)=O)N(c1ccc(OC(F)F)nc1)c1nc(N)c(C(=O)c2ccc(OC(F)F)nc2)s1. The molecule has 0 aromatic carbocycles. The molecule has 1 amide bonds.